The van der Waals surface area contributed by atoms with Crippen molar-refractivity contribution >= 4 is 58.5 Å². The molecule has 0 spiro atoms. The van der Waals surface area contributed by atoms with E-state index in [1.165, 1.54) is 6.21 Å². The summed E-state index contributed by atoms with van der Waals surface area (Å²) >= 11 is 25.0. The van der Waals surface area contributed by atoms with Crippen molar-refractivity contribution in [1.29, 1.82) is 0 Å². The number of aryl methyl sites for hydroxylation is 1. The molecule has 5 nitrogen and oxygen atoms in total. The minimum Gasteiger partial charge on any atom is -0.486 e. The summed E-state index contributed by atoms with van der Waals surface area (Å²) < 4.78 is 7.95. The normalized spacial score (nSPS) is 11.1. The average molecular weight is 623 g/mol. The van der Waals surface area contributed by atoms with E-state index in [2.05, 4.69) is 39.4 Å². The molecular weight excluding hydrogens is 600 g/mol. The van der Waals surface area contributed by atoms with Gasteiger partial charge in [-0.25, -0.2) is 5.43 Å². The fourth-order valence-electron chi connectivity index (χ4n) is 4.29. The fraction of sp³-hybridized carbons (Fsp3) is 0.0625. The van der Waals surface area contributed by atoms with Gasteiger partial charge in [-0.1, -0.05) is 82.8 Å². The first-order valence-corrected chi connectivity index (χ1v) is 14.0. The number of benzene rings is 4. The molecule has 4 aromatic carbocycles. The van der Waals surface area contributed by atoms with Gasteiger partial charge in [0.2, 0.25) is 0 Å². The molecule has 0 atom stereocenters. The molecule has 0 saturated heterocycles. The van der Waals surface area contributed by atoms with Crippen LogP contribution in [0.5, 0.6) is 5.75 Å². The smallest absolute Gasteiger partial charge is 0.271 e. The molecule has 1 amide bonds. The van der Waals surface area contributed by atoms with E-state index in [9.17, 15) is 4.79 Å². The summed E-state index contributed by atoms with van der Waals surface area (Å²) in [4.78, 5) is 12.7. The second-order valence-corrected chi connectivity index (χ2v) is 10.8. The van der Waals surface area contributed by atoms with Crippen molar-refractivity contribution in [2.45, 2.75) is 13.5 Å². The van der Waals surface area contributed by atoms with Crippen LogP contribution >= 0.6 is 46.4 Å². The topological polar surface area (TPSA) is 55.6 Å². The van der Waals surface area contributed by atoms with Gasteiger partial charge >= 0.3 is 0 Å². The van der Waals surface area contributed by atoms with E-state index in [0.29, 0.717) is 37.0 Å². The zero-order valence-electron chi connectivity index (χ0n) is 21.7. The largest absolute Gasteiger partial charge is 0.486 e. The summed E-state index contributed by atoms with van der Waals surface area (Å²) in [6, 6.07) is 30.1. The highest BCUT2D eigenvalue weighted by molar-refractivity contribution is 6.37. The lowest BCUT2D eigenvalue weighted by Crippen LogP contribution is -2.17. The molecule has 0 fully saturated rings. The Morgan fingerprint density at radius 2 is 1.56 bits per heavy atom. The Morgan fingerprint density at radius 3 is 2.24 bits per heavy atom. The molecule has 9 heteroatoms. The Bertz CT molecular complexity index is 1710. The van der Waals surface area contributed by atoms with Gasteiger partial charge in [-0.05, 0) is 78.7 Å². The molecule has 1 N–H and O–H groups in total. The van der Waals surface area contributed by atoms with Crippen LogP contribution in [0.1, 0.15) is 27.2 Å². The SMILES string of the molecule is Cc1ccc(-c2ccccc2)n1-c1ccc(C(=O)N/N=C/c2cc(Cl)c(OCc3ccc(Cl)cc3Cl)c(Cl)c2)cc1. The van der Waals surface area contributed by atoms with Crippen LogP contribution in [0.25, 0.3) is 16.9 Å². The van der Waals surface area contributed by atoms with E-state index in [4.69, 9.17) is 51.1 Å². The van der Waals surface area contributed by atoms with Crippen LogP contribution < -0.4 is 10.2 Å². The number of nitrogens with one attached hydrogen (secondary N) is 1. The van der Waals surface area contributed by atoms with Crippen molar-refractivity contribution in [3.63, 3.8) is 0 Å². The maximum absolute atomic E-state index is 12.7. The van der Waals surface area contributed by atoms with E-state index in [-0.39, 0.29) is 12.5 Å². The quantitative estimate of drug-likeness (QED) is 0.138. The number of carbonyl (C=O) groups is 1. The molecule has 5 rings (SSSR count). The highest BCUT2D eigenvalue weighted by Gasteiger charge is 2.13. The number of nitrogens with zero attached hydrogens (tertiary/aromatic N) is 2. The van der Waals surface area contributed by atoms with Crippen molar-refractivity contribution < 1.29 is 9.53 Å². The zero-order chi connectivity index (χ0) is 28.9. The molecule has 0 aliphatic heterocycles. The summed E-state index contributed by atoms with van der Waals surface area (Å²) in [6.45, 7) is 2.21. The number of aromatic nitrogens is 1. The third-order valence-electron chi connectivity index (χ3n) is 6.32. The molecule has 0 aliphatic carbocycles. The van der Waals surface area contributed by atoms with Crippen molar-refractivity contribution in [3.05, 3.63) is 140 Å². The standard InChI is InChI=1S/C32H23Cl4N3O2/c1-20-7-14-30(22-5-3-2-4-6-22)39(20)26-12-9-23(10-13-26)32(40)38-37-18-21-15-28(35)31(29(36)16-21)41-19-24-8-11-25(33)17-27(24)34/h2-18H,19H2,1H3,(H,38,40)/b37-18+. The Kier molecular flexibility index (Phi) is 9.01. The minimum absolute atomic E-state index is 0.162. The highest BCUT2D eigenvalue weighted by atomic mass is 35.5. The summed E-state index contributed by atoms with van der Waals surface area (Å²) in [5.41, 5.74) is 8.58. The number of rotatable bonds is 8. The number of amides is 1. The van der Waals surface area contributed by atoms with Crippen LogP contribution in [0.3, 0.4) is 0 Å². The van der Waals surface area contributed by atoms with Gasteiger partial charge in [-0.3, -0.25) is 4.79 Å². The molecule has 5 aromatic rings. The maximum atomic E-state index is 12.7. The van der Waals surface area contributed by atoms with E-state index in [1.54, 1.807) is 42.5 Å². The number of hydrazone groups is 1. The second-order valence-electron chi connectivity index (χ2n) is 9.15. The molecule has 0 radical (unpaired) electrons. The first-order chi connectivity index (χ1) is 19.8. The highest BCUT2D eigenvalue weighted by Crippen LogP contribution is 2.35. The Balaban J connectivity index is 1.23. The molecule has 0 aliphatic rings. The maximum Gasteiger partial charge on any atom is 0.271 e. The summed E-state index contributed by atoms with van der Waals surface area (Å²) in [7, 11) is 0. The molecule has 1 aromatic heterocycles. The number of carbonyl (C=O) groups excluding carboxylic acids is 1. The molecular formula is C32H23Cl4N3O2. The van der Waals surface area contributed by atoms with E-state index in [1.807, 2.05) is 37.3 Å². The predicted molar refractivity (Wildman–Crippen MR) is 168 cm³/mol. The van der Waals surface area contributed by atoms with E-state index in [0.717, 1.165) is 28.2 Å². The predicted octanol–water partition coefficient (Wildman–Crippen LogP) is 9.41. The summed E-state index contributed by atoms with van der Waals surface area (Å²) in [5, 5.41) is 5.67. The monoisotopic (exact) mass is 621 g/mol. The first kappa shape index (κ1) is 28.8. The van der Waals surface area contributed by atoms with Gasteiger partial charge in [-0.15, -0.1) is 0 Å². The zero-order valence-corrected chi connectivity index (χ0v) is 24.8. The van der Waals surface area contributed by atoms with Crippen LogP contribution in [-0.2, 0) is 6.61 Å². The molecule has 0 unspecified atom stereocenters. The van der Waals surface area contributed by atoms with Gasteiger partial charge < -0.3 is 9.30 Å². The third kappa shape index (κ3) is 6.77. The Morgan fingerprint density at radius 1 is 0.854 bits per heavy atom. The molecule has 0 saturated carbocycles. The van der Waals surface area contributed by atoms with E-state index < -0.39 is 0 Å². The fourth-order valence-corrected chi connectivity index (χ4v) is 5.36. The van der Waals surface area contributed by atoms with Crippen molar-refractivity contribution in [2.75, 3.05) is 0 Å². The van der Waals surface area contributed by atoms with Crippen LogP contribution in [0.4, 0.5) is 0 Å². The lowest BCUT2D eigenvalue weighted by molar-refractivity contribution is 0.0955. The molecule has 41 heavy (non-hydrogen) atoms. The first-order valence-electron chi connectivity index (χ1n) is 12.5. The van der Waals surface area contributed by atoms with Crippen molar-refractivity contribution in [2.24, 2.45) is 5.10 Å². The van der Waals surface area contributed by atoms with Crippen molar-refractivity contribution in [1.82, 2.24) is 9.99 Å². The molecule has 1 heterocycles. The average Bonchev–Trinajstić information content (AvgIpc) is 3.35. The van der Waals surface area contributed by atoms with Crippen LogP contribution in [0.15, 0.2) is 102 Å². The van der Waals surface area contributed by atoms with Gasteiger partial charge in [-0.2, -0.15) is 5.10 Å². The lowest BCUT2D eigenvalue weighted by Gasteiger charge is -2.13. The Labute approximate surface area is 257 Å². The number of halogens is 4. The third-order valence-corrected chi connectivity index (χ3v) is 7.47. The summed E-state index contributed by atoms with van der Waals surface area (Å²) in [6.07, 6.45) is 1.46. The number of hydrogen-bond acceptors (Lipinski definition) is 3. The summed E-state index contributed by atoms with van der Waals surface area (Å²) in [5.74, 6) is -0.0359. The van der Waals surface area contributed by atoms with Crippen LogP contribution in [-0.4, -0.2) is 16.7 Å². The van der Waals surface area contributed by atoms with Crippen LogP contribution in [0, 0.1) is 6.92 Å². The van der Waals surface area contributed by atoms with Crippen molar-refractivity contribution in [3.8, 4) is 22.7 Å². The Hall–Kier alpha value is -3.74. The van der Waals surface area contributed by atoms with Gasteiger partial charge in [0, 0.05) is 32.6 Å². The number of ether oxygens (including phenoxy) is 1. The van der Waals surface area contributed by atoms with E-state index >= 15 is 0 Å². The molecule has 0 bridgehead atoms. The van der Waals surface area contributed by atoms with Gasteiger partial charge in [0.25, 0.3) is 5.91 Å². The lowest BCUT2D eigenvalue weighted by atomic mass is 10.1. The second kappa shape index (κ2) is 12.8. The van der Waals surface area contributed by atoms with Crippen LogP contribution in [0.2, 0.25) is 20.1 Å². The van der Waals surface area contributed by atoms with Gasteiger partial charge in [0.05, 0.1) is 22.0 Å². The minimum atomic E-state index is -0.350. The van der Waals surface area contributed by atoms with Gasteiger partial charge in [0.1, 0.15) is 6.61 Å². The number of hydrogen-bond donors (Lipinski definition) is 1. The molecule has 206 valence electrons. The van der Waals surface area contributed by atoms with Gasteiger partial charge in [0.15, 0.2) is 5.75 Å².